The standard InChI is InChI=1S/C21H23N3O2/c25-19-11-8-16-14-17(9-10-18(16)23-19)22-20(15-6-2-1-3-7-15)21(26)24-12-4-5-13-24/h1-3,6-7,9-10,14,20,22H,4-5,8,11-13H2,(H,23,25)/t20-/m1/s1. The van der Waals surface area contributed by atoms with Crippen LogP contribution in [0, 0.1) is 0 Å². The minimum atomic E-state index is -0.398. The number of benzene rings is 2. The Morgan fingerprint density at radius 1 is 1.04 bits per heavy atom. The number of carbonyl (C=O) groups excluding carboxylic acids is 2. The molecule has 2 heterocycles. The summed E-state index contributed by atoms with van der Waals surface area (Å²) < 4.78 is 0. The number of likely N-dealkylation sites (tertiary alicyclic amines) is 1. The number of carbonyl (C=O) groups is 2. The molecule has 0 aliphatic carbocycles. The van der Waals surface area contributed by atoms with Crippen molar-refractivity contribution in [3.8, 4) is 0 Å². The Morgan fingerprint density at radius 2 is 1.81 bits per heavy atom. The molecule has 0 aromatic heterocycles. The van der Waals surface area contributed by atoms with E-state index in [2.05, 4.69) is 10.6 Å². The molecule has 26 heavy (non-hydrogen) atoms. The summed E-state index contributed by atoms with van der Waals surface area (Å²) in [5.41, 5.74) is 3.85. The number of fused-ring (bicyclic) bond motifs is 1. The average molecular weight is 349 g/mol. The molecule has 0 spiro atoms. The maximum Gasteiger partial charge on any atom is 0.249 e. The summed E-state index contributed by atoms with van der Waals surface area (Å²) in [7, 11) is 0. The van der Waals surface area contributed by atoms with Gasteiger partial charge in [-0.3, -0.25) is 9.59 Å². The van der Waals surface area contributed by atoms with Crippen LogP contribution in [0.1, 0.15) is 36.4 Å². The lowest BCUT2D eigenvalue weighted by Crippen LogP contribution is -2.36. The van der Waals surface area contributed by atoms with Crippen LogP contribution >= 0.6 is 0 Å². The quantitative estimate of drug-likeness (QED) is 0.890. The highest BCUT2D eigenvalue weighted by molar-refractivity contribution is 5.94. The molecule has 0 saturated carbocycles. The minimum absolute atomic E-state index is 0.0598. The van der Waals surface area contributed by atoms with Gasteiger partial charge in [0.05, 0.1) is 0 Å². The zero-order valence-electron chi connectivity index (χ0n) is 14.7. The van der Waals surface area contributed by atoms with Crippen molar-refractivity contribution in [1.82, 2.24) is 4.90 Å². The van der Waals surface area contributed by atoms with Crippen LogP contribution in [0.2, 0.25) is 0 Å². The molecule has 2 aromatic rings. The summed E-state index contributed by atoms with van der Waals surface area (Å²) in [6.45, 7) is 1.67. The summed E-state index contributed by atoms with van der Waals surface area (Å²) >= 11 is 0. The van der Waals surface area contributed by atoms with Gasteiger partial charge in [0.15, 0.2) is 0 Å². The molecule has 0 bridgehead atoms. The lowest BCUT2D eigenvalue weighted by molar-refractivity contribution is -0.131. The first-order valence-electron chi connectivity index (χ1n) is 9.24. The molecule has 1 fully saturated rings. The Balaban J connectivity index is 1.60. The van der Waals surface area contributed by atoms with E-state index in [4.69, 9.17) is 0 Å². The van der Waals surface area contributed by atoms with Gasteiger partial charge in [-0.05, 0) is 48.6 Å². The molecule has 2 aromatic carbocycles. The maximum atomic E-state index is 13.1. The smallest absolute Gasteiger partial charge is 0.249 e. The van der Waals surface area contributed by atoms with E-state index in [-0.39, 0.29) is 11.8 Å². The maximum absolute atomic E-state index is 13.1. The van der Waals surface area contributed by atoms with Crippen molar-refractivity contribution in [2.45, 2.75) is 31.7 Å². The fourth-order valence-electron chi connectivity index (χ4n) is 3.69. The van der Waals surface area contributed by atoms with Crippen LogP contribution in [0.5, 0.6) is 0 Å². The monoisotopic (exact) mass is 349 g/mol. The van der Waals surface area contributed by atoms with Crippen LogP contribution < -0.4 is 10.6 Å². The highest BCUT2D eigenvalue weighted by atomic mass is 16.2. The van der Waals surface area contributed by atoms with Crippen molar-refractivity contribution in [1.29, 1.82) is 0 Å². The van der Waals surface area contributed by atoms with E-state index in [1.54, 1.807) is 0 Å². The molecule has 2 amide bonds. The van der Waals surface area contributed by atoms with Crippen LogP contribution in [0.3, 0.4) is 0 Å². The first-order valence-corrected chi connectivity index (χ1v) is 9.24. The van der Waals surface area contributed by atoms with Crippen LogP contribution in [-0.2, 0) is 16.0 Å². The summed E-state index contributed by atoms with van der Waals surface area (Å²) in [5, 5.41) is 6.33. The van der Waals surface area contributed by atoms with Crippen molar-refractivity contribution in [2.24, 2.45) is 0 Å². The van der Waals surface area contributed by atoms with E-state index in [1.165, 1.54) is 0 Å². The largest absolute Gasteiger partial charge is 0.370 e. The number of hydrogen-bond acceptors (Lipinski definition) is 3. The Bertz CT molecular complexity index is 813. The molecule has 0 radical (unpaired) electrons. The first-order chi connectivity index (χ1) is 12.7. The molecule has 5 nitrogen and oxygen atoms in total. The topological polar surface area (TPSA) is 61.4 Å². The predicted octanol–water partition coefficient (Wildman–Crippen LogP) is 3.35. The normalized spacial score (nSPS) is 17.4. The Morgan fingerprint density at radius 3 is 2.58 bits per heavy atom. The van der Waals surface area contributed by atoms with Gasteiger partial charge in [0.1, 0.15) is 6.04 Å². The Kier molecular flexibility index (Phi) is 4.61. The third kappa shape index (κ3) is 3.43. The molecule has 4 rings (SSSR count). The van der Waals surface area contributed by atoms with Gasteiger partial charge in [0.2, 0.25) is 11.8 Å². The average Bonchev–Trinajstić information content (AvgIpc) is 3.21. The Labute approximate surface area is 153 Å². The van der Waals surface area contributed by atoms with E-state index >= 15 is 0 Å². The number of amides is 2. The highest BCUT2D eigenvalue weighted by Crippen LogP contribution is 2.29. The number of nitrogens with one attached hydrogen (secondary N) is 2. The van der Waals surface area contributed by atoms with Crippen LogP contribution in [-0.4, -0.2) is 29.8 Å². The van der Waals surface area contributed by atoms with E-state index in [9.17, 15) is 9.59 Å². The second-order valence-electron chi connectivity index (χ2n) is 6.94. The molecule has 5 heteroatoms. The number of aryl methyl sites for hydroxylation is 1. The van der Waals surface area contributed by atoms with Crippen molar-refractivity contribution < 1.29 is 9.59 Å². The van der Waals surface area contributed by atoms with Gasteiger partial charge in [-0.2, -0.15) is 0 Å². The first kappa shape index (κ1) is 16.6. The van der Waals surface area contributed by atoms with Crippen LogP contribution in [0.25, 0.3) is 0 Å². The van der Waals surface area contributed by atoms with E-state index in [0.717, 1.165) is 54.9 Å². The second kappa shape index (κ2) is 7.20. The Hall–Kier alpha value is -2.82. The number of hydrogen-bond donors (Lipinski definition) is 2. The van der Waals surface area contributed by atoms with E-state index in [1.807, 2.05) is 53.4 Å². The minimum Gasteiger partial charge on any atom is -0.370 e. The molecule has 2 aliphatic heterocycles. The molecule has 2 N–H and O–H groups in total. The number of rotatable bonds is 4. The number of nitrogens with zero attached hydrogens (tertiary/aromatic N) is 1. The molecule has 0 unspecified atom stereocenters. The van der Waals surface area contributed by atoms with Gasteiger partial charge in [-0.15, -0.1) is 0 Å². The summed E-state index contributed by atoms with van der Waals surface area (Å²) in [5.74, 6) is 0.185. The van der Waals surface area contributed by atoms with Crippen LogP contribution in [0.15, 0.2) is 48.5 Å². The van der Waals surface area contributed by atoms with Crippen molar-refractivity contribution >= 4 is 23.2 Å². The molecular formula is C21H23N3O2. The van der Waals surface area contributed by atoms with Gasteiger partial charge in [-0.25, -0.2) is 0 Å². The van der Waals surface area contributed by atoms with E-state index in [0.29, 0.717) is 6.42 Å². The molecule has 1 saturated heterocycles. The van der Waals surface area contributed by atoms with Crippen molar-refractivity contribution in [2.75, 3.05) is 23.7 Å². The second-order valence-corrected chi connectivity index (χ2v) is 6.94. The number of anilines is 2. The third-order valence-electron chi connectivity index (χ3n) is 5.11. The summed E-state index contributed by atoms with van der Waals surface area (Å²) in [6, 6.07) is 15.4. The van der Waals surface area contributed by atoms with Crippen molar-refractivity contribution in [3.63, 3.8) is 0 Å². The predicted molar refractivity (Wildman–Crippen MR) is 102 cm³/mol. The molecule has 2 aliphatic rings. The van der Waals surface area contributed by atoms with Gasteiger partial charge in [0.25, 0.3) is 0 Å². The molecule has 1 atom stereocenters. The highest BCUT2D eigenvalue weighted by Gasteiger charge is 2.28. The SMILES string of the molecule is O=C1CCc2cc(N[C@@H](C(=O)N3CCCC3)c3ccccc3)ccc2N1. The third-order valence-corrected chi connectivity index (χ3v) is 5.11. The van der Waals surface area contributed by atoms with E-state index < -0.39 is 6.04 Å². The molecular weight excluding hydrogens is 326 g/mol. The zero-order chi connectivity index (χ0) is 17.9. The fraction of sp³-hybridized carbons (Fsp3) is 0.333. The lowest BCUT2D eigenvalue weighted by Gasteiger charge is -2.26. The van der Waals surface area contributed by atoms with Crippen molar-refractivity contribution in [3.05, 3.63) is 59.7 Å². The fourth-order valence-corrected chi connectivity index (χ4v) is 3.69. The lowest BCUT2D eigenvalue weighted by atomic mass is 10.0. The van der Waals surface area contributed by atoms with Gasteiger partial charge < -0.3 is 15.5 Å². The van der Waals surface area contributed by atoms with Gasteiger partial charge >= 0.3 is 0 Å². The summed E-state index contributed by atoms with van der Waals surface area (Å²) in [6.07, 6.45) is 3.38. The summed E-state index contributed by atoms with van der Waals surface area (Å²) in [4.78, 5) is 26.6. The van der Waals surface area contributed by atoms with Gasteiger partial charge in [0, 0.05) is 30.9 Å². The van der Waals surface area contributed by atoms with Gasteiger partial charge in [-0.1, -0.05) is 30.3 Å². The zero-order valence-corrected chi connectivity index (χ0v) is 14.7. The molecule has 134 valence electrons. The van der Waals surface area contributed by atoms with Crippen LogP contribution in [0.4, 0.5) is 11.4 Å².